The van der Waals surface area contributed by atoms with E-state index in [4.69, 9.17) is 0 Å². The summed E-state index contributed by atoms with van der Waals surface area (Å²) in [7, 11) is 1.91. The minimum atomic E-state index is 0.245. The Kier molecular flexibility index (Phi) is 3.88. The van der Waals surface area contributed by atoms with Crippen LogP contribution in [0, 0.1) is 11.3 Å². The van der Waals surface area contributed by atoms with Crippen LogP contribution in [0.15, 0.2) is 0 Å². The second kappa shape index (κ2) is 5.10. The van der Waals surface area contributed by atoms with E-state index in [2.05, 4.69) is 25.7 Å². The number of hydrogen-bond donors (Lipinski definition) is 0. The maximum absolute atomic E-state index is 12.0. The van der Waals surface area contributed by atoms with Crippen molar-refractivity contribution < 1.29 is 4.79 Å². The largest absolute Gasteiger partial charge is 0.326 e. The second-order valence-electron chi connectivity index (χ2n) is 7.34. The predicted molar refractivity (Wildman–Crippen MR) is 74.6 cm³/mol. The van der Waals surface area contributed by atoms with Crippen molar-refractivity contribution in [3.05, 3.63) is 0 Å². The van der Waals surface area contributed by atoms with Gasteiger partial charge in [0.05, 0.1) is 0 Å². The molecule has 18 heavy (non-hydrogen) atoms. The Morgan fingerprint density at radius 2 is 1.72 bits per heavy atom. The molecule has 0 bridgehead atoms. The zero-order chi connectivity index (χ0) is 13.3. The van der Waals surface area contributed by atoms with Crippen molar-refractivity contribution in [3.63, 3.8) is 0 Å². The maximum atomic E-state index is 12.0. The van der Waals surface area contributed by atoms with Gasteiger partial charge in [-0.15, -0.1) is 0 Å². The zero-order valence-corrected chi connectivity index (χ0v) is 12.4. The number of urea groups is 1. The van der Waals surface area contributed by atoms with Gasteiger partial charge in [0.15, 0.2) is 0 Å². The van der Waals surface area contributed by atoms with Crippen LogP contribution in [-0.4, -0.2) is 42.0 Å². The number of carbonyl (C=O) groups excluding carboxylic acids is 1. The van der Waals surface area contributed by atoms with Crippen molar-refractivity contribution >= 4 is 6.03 Å². The maximum Gasteiger partial charge on any atom is 0.320 e. The van der Waals surface area contributed by atoms with Gasteiger partial charge in [0.25, 0.3) is 0 Å². The third-order valence-electron chi connectivity index (χ3n) is 4.41. The first-order chi connectivity index (χ1) is 8.37. The average Bonchev–Trinajstić information content (AvgIpc) is 2.59. The van der Waals surface area contributed by atoms with Crippen LogP contribution in [0.1, 0.15) is 52.9 Å². The smallest absolute Gasteiger partial charge is 0.320 e. The van der Waals surface area contributed by atoms with Gasteiger partial charge >= 0.3 is 6.03 Å². The monoisotopic (exact) mass is 252 g/mol. The Labute approximate surface area is 112 Å². The van der Waals surface area contributed by atoms with E-state index in [9.17, 15) is 4.79 Å². The van der Waals surface area contributed by atoms with E-state index in [1.54, 1.807) is 0 Å². The number of nitrogens with zero attached hydrogens (tertiary/aromatic N) is 2. The number of carbonyl (C=O) groups is 1. The molecule has 2 fully saturated rings. The zero-order valence-electron chi connectivity index (χ0n) is 12.4. The van der Waals surface area contributed by atoms with E-state index in [1.807, 2.05) is 11.9 Å². The molecule has 1 saturated carbocycles. The molecule has 0 N–H and O–H groups in total. The fraction of sp³-hybridized carbons (Fsp3) is 0.933. The van der Waals surface area contributed by atoms with Gasteiger partial charge in [-0.3, -0.25) is 0 Å². The fourth-order valence-electron chi connectivity index (χ4n) is 3.53. The first-order valence-corrected chi connectivity index (χ1v) is 7.38. The van der Waals surface area contributed by atoms with Gasteiger partial charge < -0.3 is 9.80 Å². The van der Waals surface area contributed by atoms with E-state index in [-0.39, 0.29) is 6.03 Å². The van der Waals surface area contributed by atoms with Gasteiger partial charge in [0.2, 0.25) is 0 Å². The molecule has 1 aliphatic heterocycles. The van der Waals surface area contributed by atoms with E-state index in [1.165, 1.54) is 32.1 Å². The molecule has 1 saturated heterocycles. The van der Waals surface area contributed by atoms with E-state index >= 15 is 0 Å². The molecule has 0 aromatic rings. The SMILES string of the molecule is CN1CCN([C@H]2CC[C@H](CC(C)(C)C)CC2)C1=O. The Morgan fingerprint density at radius 3 is 2.17 bits per heavy atom. The highest BCUT2D eigenvalue weighted by molar-refractivity contribution is 5.76. The van der Waals surface area contributed by atoms with Crippen LogP contribution < -0.4 is 0 Å². The van der Waals surface area contributed by atoms with Crippen LogP contribution in [0.25, 0.3) is 0 Å². The molecule has 2 rings (SSSR count). The molecule has 2 amide bonds. The van der Waals surface area contributed by atoms with Crippen LogP contribution in [0.5, 0.6) is 0 Å². The van der Waals surface area contributed by atoms with Crippen molar-refractivity contribution in [1.29, 1.82) is 0 Å². The summed E-state index contributed by atoms with van der Waals surface area (Å²) in [5.41, 5.74) is 0.446. The first-order valence-electron chi connectivity index (χ1n) is 7.38. The van der Waals surface area contributed by atoms with Crippen molar-refractivity contribution in [2.75, 3.05) is 20.1 Å². The lowest BCUT2D eigenvalue weighted by atomic mass is 9.76. The lowest BCUT2D eigenvalue weighted by Crippen LogP contribution is -2.40. The molecular formula is C15H28N2O. The number of likely N-dealkylation sites (N-methyl/N-ethyl adjacent to an activating group) is 1. The molecule has 0 unspecified atom stereocenters. The standard InChI is InChI=1S/C15H28N2O/c1-15(2,3)11-12-5-7-13(8-6-12)17-10-9-16(4)14(17)18/h12-13H,5-11H2,1-4H3/t12-,13-. The minimum Gasteiger partial charge on any atom is -0.326 e. The molecule has 0 aromatic carbocycles. The summed E-state index contributed by atoms with van der Waals surface area (Å²) in [5.74, 6) is 0.872. The van der Waals surface area contributed by atoms with Gasteiger partial charge in [-0.1, -0.05) is 20.8 Å². The van der Waals surface area contributed by atoms with Gasteiger partial charge in [-0.2, -0.15) is 0 Å². The average molecular weight is 252 g/mol. The summed E-state index contributed by atoms with van der Waals surface area (Å²) in [5, 5.41) is 0. The summed E-state index contributed by atoms with van der Waals surface area (Å²) in [4.78, 5) is 15.9. The topological polar surface area (TPSA) is 23.6 Å². The van der Waals surface area contributed by atoms with Gasteiger partial charge in [0.1, 0.15) is 0 Å². The molecule has 2 aliphatic rings. The van der Waals surface area contributed by atoms with E-state index in [0.717, 1.165) is 19.0 Å². The van der Waals surface area contributed by atoms with E-state index < -0.39 is 0 Å². The third-order valence-corrected chi connectivity index (χ3v) is 4.41. The van der Waals surface area contributed by atoms with Crippen LogP contribution in [0.2, 0.25) is 0 Å². The Bertz CT molecular complexity index is 300. The highest BCUT2D eigenvalue weighted by Crippen LogP contribution is 2.36. The van der Waals surface area contributed by atoms with Crippen molar-refractivity contribution in [2.45, 2.75) is 58.9 Å². The quantitative estimate of drug-likeness (QED) is 0.739. The van der Waals surface area contributed by atoms with Crippen LogP contribution in [0.4, 0.5) is 4.79 Å². The van der Waals surface area contributed by atoms with Crippen molar-refractivity contribution in [1.82, 2.24) is 9.80 Å². The molecule has 0 radical (unpaired) electrons. The molecular weight excluding hydrogens is 224 g/mol. The predicted octanol–water partition coefficient (Wildman–Crippen LogP) is 3.35. The fourth-order valence-corrected chi connectivity index (χ4v) is 3.53. The molecule has 0 atom stereocenters. The number of rotatable bonds is 2. The molecule has 3 heteroatoms. The Balaban J connectivity index is 1.82. The van der Waals surface area contributed by atoms with Crippen LogP contribution in [-0.2, 0) is 0 Å². The van der Waals surface area contributed by atoms with Crippen LogP contribution >= 0.6 is 0 Å². The lowest BCUT2D eigenvalue weighted by molar-refractivity contribution is 0.143. The van der Waals surface area contributed by atoms with Gasteiger partial charge in [-0.05, 0) is 43.4 Å². The molecule has 1 aliphatic carbocycles. The first kappa shape index (κ1) is 13.7. The lowest BCUT2D eigenvalue weighted by Gasteiger charge is -2.36. The third kappa shape index (κ3) is 3.18. The van der Waals surface area contributed by atoms with E-state index in [0.29, 0.717) is 11.5 Å². The molecule has 0 aromatic heterocycles. The highest BCUT2D eigenvalue weighted by Gasteiger charge is 2.34. The summed E-state index contributed by atoms with van der Waals surface area (Å²) >= 11 is 0. The number of amides is 2. The highest BCUT2D eigenvalue weighted by atomic mass is 16.2. The normalized spacial score (nSPS) is 30.1. The molecule has 1 heterocycles. The molecule has 3 nitrogen and oxygen atoms in total. The molecule has 104 valence electrons. The minimum absolute atomic E-state index is 0.245. The van der Waals surface area contributed by atoms with Gasteiger partial charge in [0, 0.05) is 26.2 Å². The van der Waals surface area contributed by atoms with Gasteiger partial charge in [-0.25, -0.2) is 4.79 Å². The van der Waals surface area contributed by atoms with Crippen molar-refractivity contribution in [2.24, 2.45) is 11.3 Å². The second-order valence-corrected chi connectivity index (χ2v) is 7.34. The summed E-state index contributed by atoms with van der Waals surface area (Å²) in [6, 6.07) is 0.757. The number of hydrogen-bond acceptors (Lipinski definition) is 1. The Morgan fingerprint density at radius 1 is 1.11 bits per heavy atom. The van der Waals surface area contributed by atoms with Crippen molar-refractivity contribution in [3.8, 4) is 0 Å². The summed E-state index contributed by atoms with van der Waals surface area (Å²) in [6.07, 6.45) is 6.35. The summed E-state index contributed by atoms with van der Waals surface area (Å²) in [6.45, 7) is 8.83. The Hall–Kier alpha value is -0.730. The molecule has 0 spiro atoms. The van der Waals surface area contributed by atoms with Crippen LogP contribution in [0.3, 0.4) is 0 Å². The summed E-state index contributed by atoms with van der Waals surface area (Å²) < 4.78 is 0.